The zero-order chi connectivity index (χ0) is 21.8. The van der Waals surface area contributed by atoms with Crippen LogP contribution < -0.4 is 15.3 Å². The van der Waals surface area contributed by atoms with E-state index in [2.05, 4.69) is 0 Å². The summed E-state index contributed by atoms with van der Waals surface area (Å²) in [7, 11) is 0. The summed E-state index contributed by atoms with van der Waals surface area (Å²) in [5.41, 5.74) is 0. The smallest absolute Gasteiger partial charge is 0.549 e. The van der Waals surface area contributed by atoms with Crippen molar-refractivity contribution in [2.24, 2.45) is 0 Å². The fourth-order valence-electron chi connectivity index (χ4n) is 3.21. The molecule has 1 radical (unpaired) electrons. The number of carbonyl (C=O) groups excluding carboxylic acids is 3. The Morgan fingerprint density at radius 2 is 0.967 bits per heavy atom. The minimum atomic E-state index is -1.25. The Balaban J connectivity index is 0.00000841. The minimum absolute atomic E-state index is 0. The molecule has 0 saturated carbocycles. The van der Waals surface area contributed by atoms with Gasteiger partial charge in [-0.1, -0.05) is 6.92 Å². The van der Waals surface area contributed by atoms with E-state index in [0.717, 1.165) is 0 Å². The van der Waals surface area contributed by atoms with Crippen molar-refractivity contribution in [3.05, 3.63) is 0 Å². The standard InChI is InChI=1S/C18H34N4O7.Gd/c1-2-15(23)11-19-3-5-20(12-16(24)25)7-9-22(14-18(28)29)10-8-21(6-4-19)13-17(26)27;/h15,23H,2-14H2,1H3,(H,24,25)(H,26,27)(H,28,29);/q;+3/p-3. The van der Waals surface area contributed by atoms with Gasteiger partial charge in [-0.2, -0.15) is 0 Å². The Labute approximate surface area is 209 Å². The van der Waals surface area contributed by atoms with Gasteiger partial charge in [0.2, 0.25) is 0 Å². The quantitative estimate of drug-likeness (QED) is 0.281. The van der Waals surface area contributed by atoms with Crippen molar-refractivity contribution < 1.29 is 74.8 Å². The van der Waals surface area contributed by atoms with Crippen LogP contribution in [0.2, 0.25) is 0 Å². The molecule has 1 saturated heterocycles. The molecule has 173 valence electrons. The molecule has 12 heteroatoms. The number of carboxylic acid groups (broad SMARTS) is 3. The van der Waals surface area contributed by atoms with Crippen LogP contribution >= 0.6 is 0 Å². The molecule has 0 aliphatic carbocycles. The second-order valence-electron chi connectivity index (χ2n) is 7.31. The van der Waals surface area contributed by atoms with Crippen LogP contribution in [0.3, 0.4) is 0 Å². The number of carbonyl (C=O) groups is 3. The fraction of sp³-hybridized carbons (Fsp3) is 0.833. The molecule has 0 spiro atoms. The molecule has 0 aromatic carbocycles. The molecule has 1 unspecified atom stereocenters. The average Bonchev–Trinajstić information content (AvgIpc) is 2.62. The maximum Gasteiger partial charge on any atom is 3.00 e. The maximum atomic E-state index is 11.1. The number of hydrogen-bond donors (Lipinski definition) is 1. The summed E-state index contributed by atoms with van der Waals surface area (Å²) in [4.78, 5) is 40.0. The van der Waals surface area contributed by atoms with E-state index in [1.165, 1.54) is 0 Å². The van der Waals surface area contributed by atoms with E-state index in [9.17, 15) is 34.8 Å². The van der Waals surface area contributed by atoms with Crippen LogP contribution in [0.4, 0.5) is 0 Å². The Hall–Kier alpha value is -0.465. The molecule has 1 atom stereocenters. The van der Waals surface area contributed by atoms with Crippen LogP contribution in [-0.2, 0) is 14.4 Å². The molecule has 0 bridgehead atoms. The molecule has 11 nitrogen and oxygen atoms in total. The van der Waals surface area contributed by atoms with Gasteiger partial charge in [-0.25, -0.2) is 0 Å². The fourth-order valence-corrected chi connectivity index (χ4v) is 3.21. The molecule has 0 aromatic heterocycles. The third-order valence-electron chi connectivity index (χ3n) is 4.93. The molecule has 1 rings (SSSR count). The van der Waals surface area contributed by atoms with Crippen LogP contribution in [0.1, 0.15) is 13.3 Å². The summed E-state index contributed by atoms with van der Waals surface area (Å²) in [6.45, 7) is 4.31. The topological polar surface area (TPSA) is 154 Å². The first-order valence-corrected chi connectivity index (χ1v) is 9.86. The first-order chi connectivity index (χ1) is 13.7. The summed E-state index contributed by atoms with van der Waals surface area (Å²) in [5, 5.41) is 43.1. The van der Waals surface area contributed by atoms with Gasteiger partial charge in [-0.3, -0.25) is 19.6 Å². The Morgan fingerprint density at radius 3 is 1.20 bits per heavy atom. The van der Waals surface area contributed by atoms with Crippen molar-refractivity contribution in [2.75, 3.05) is 78.5 Å². The molecule has 0 amide bonds. The number of aliphatic hydroxyl groups excluding tert-OH is 1. The van der Waals surface area contributed by atoms with Crippen LogP contribution in [0.5, 0.6) is 0 Å². The largest absolute Gasteiger partial charge is 3.00 e. The third kappa shape index (κ3) is 13.8. The molecule has 30 heavy (non-hydrogen) atoms. The molecule has 0 aromatic rings. The van der Waals surface area contributed by atoms with Crippen molar-refractivity contribution in [2.45, 2.75) is 19.4 Å². The zero-order valence-corrected chi connectivity index (χ0v) is 19.6. The summed E-state index contributed by atoms with van der Waals surface area (Å²) in [5.74, 6) is -3.69. The van der Waals surface area contributed by atoms with Crippen molar-refractivity contribution >= 4 is 17.9 Å². The molecule has 1 aliphatic heterocycles. The molecule has 1 aliphatic rings. The van der Waals surface area contributed by atoms with E-state index in [0.29, 0.717) is 52.2 Å². The van der Waals surface area contributed by atoms with E-state index >= 15 is 0 Å². The van der Waals surface area contributed by atoms with Gasteiger partial charge in [0.05, 0.1) is 24.0 Å². The Morgan fingerprint density at radius 1 is 0.700 bits per heavy atom. The van der Waals surface area contributed by atoms with Gasteiger partial charge in [0.15, 0.2) is 0 Å². The van der Waals surface area contributed by atoms with Gasteiger partial charge >= 0.3 is 39.9 Å². The van der Waals surface area contributed by atoms with E-state index in [-0.39, 0.29) is 72.7 Å². The molecular formula is C18H31GdN4O7. The van der Waals surface area contributed by atoms with Crippen molar-refractivity contribution in [3.8, 4) is 0 Å². The second kappa shape index (κ2) is 16.2. The summed E-state index contributed by atoms with van der Waals surface area (Å²) >= 11 is 0. The summed E-state index contributed by atoms with van der Waals surface area (Å²) < 4.78 is 0. The van der Waals surface area contributed by atoms with Crippen molar-refractivity contribution in [1.82, 2.24) is 19.6 Å². The molecule has 1 heterocycles. The number of carboxylic acids is 3. The number of rotatable bonds is 9. The third-order valence-corrected chi connectivity index (χ3v) is 4.93. The summed E-state index contributed by atoms with van der Waals surface area (Å²) in [6, 6.07) is 0. The number of aliphatic hydroxyl groups is 1. The van der Waals surface area contributed by atoms with Crippen LogP contribution in [0.25, 0.3) is 0 Å². The van der Waals surface area contributed by atoms with Gasteiger partial charge in [0.25, 0.3) is 0 Å². The Kier molecular flexibility index (Phi) is 16.0. The van der Waals surface area contributed by atoms with Crippen LogP contribution in [0.15, 0.2) is 0 Å². The van der Waals surface area contributed by atoms with Crippen molar-refractivity contribution in [3.63, 3.8) is 0 Å². The predicted octanol–water partition coefficient (Wildman–Crippen LogP) is -5.77. The van der Waals surface area contributed by atoms with Gasteiger partial charge in [0.1, 0.15) is 0 Å². The monoisotopic (exact) mass is 573 g/mol. The number of aliphatic carboxylic acids is 3. The van der Waals surface area contributed by atoms with Gasteiger partial charge in [-0.15, -0.1) is 0 Å². The number of hydrogen-bond acceptors (Lipinski definition) is 11. The van der Waals surface area contributed by atoms with E-state index < -0.39 is 24.0 Å². The van der Waals surface area contributed by atoms with E-state index in [1.807, 2.05) is 11.8 Å². The summed E-state index contributed by atoms with van der Waals surface area (Å²) in [6.07, 6.45) is 0.0332. The average molecular weight is 573 g/mol. The van der Waals surface area contributed by atoms with E-state index in [4.69, 9.17) is 0 Å². The molecule has 1 fully saturated rings. The van der Waals surface area contributed by atoms with Gasteiger partial charge in [-0.05, 0) is 6.42 Å². The SMILES string of the molecule is CCC(O)CN1CCN(CC(=O)[O-])CCN(CC(=O)[O-])CCN(CC(=O)[O-])CC1.[Gd+3]. The number of nitrogens with zero attached hydrogens (tertiary/aromatic N) is 4. The van der Waals surface area contributed by atoms with Crippen LogP contribution in [0, 0.1) is 39.9 Å². The molecular weight excluding hydrogens is 541 g/mol. The first kappa shape index (κ1) is 29.5. The first-order valence-electron chi connectivity index (χ1n) is 9.86. The van der Waals surface area contributed by atoms with E-state index in [1.54, 1.807) is 14.7 Å². The van der Waals surface area contributed by atoms with Crippen molar-refractivity contribution in [1.29, 1.82) is 0 Å². The van der Waals surface area contributed by atoms with Gasteiger partial charge in [0, 0.05) is 78.5 Å². The minimum Gasteiger partial charge on any atom is -0.549 e. The number of β-amino-alcohol motifs (C(OH)–C–C–N with tert-alkyl or cyclic N) is 1. The normalized spacial score (nSPS) is 19.8. The second-order valence-corrected chi connectivity index (χ2v) is 7.31. The predicted molar refractivity (Wildman–Crippen MR) is 97.1 cm³/mol. The van der Waals surface area contributed by atoms with Crippen LogP contribution in [-0.4, -0.2) is 127 Å². The van der Waals surface area contributed by atoms with Gasteiger partial charge < -0.3 is 34.8 Å². The Bertz CT molecular complexity index is 509. The molecule has 1 N–H and O–H groups in total. The maximum absolute atomic E-state index is 11.1. The zero-order valence-electron chi connectivity index (χ0n) is 17.3.